The molecule has 1 heterocycles. The smallest absolute Gasteiger partial charge is 0.243 e. The molecule has 0 aliphatic heterocycles. The van der Waals surface area contributed by atoms with Crippen LogP contribution in [0, 0.1) is 0 Å². The Labute approximate surface area is 120 Å². The summed E-state index contributed by atoms with van der Waals surface area (Å²) in [5.74, 6) is 6.95. The van der Waals surface area contributed by atoms with E-state index < -0.39 is 0 Å². The summed E-state index contributed by atoms with van der Waals surface area (Å²) in [6.45, 7) is 10.6. The average molecular weight is 282 g/mol. The Morgan fingerprint density at radius 2 is 1.65 bits per heavy atom. The molecule has 114 valence electrons. The quantitative estimate of drug-likeness (QED) is 0.441. The van der Waals surface area contributed by atoms with Gasteiger partial charge < -0.3 is 15.1 Å². The lowest BCUT2D eigenvalue weighted by Crippen LogP contribution is -2.28. The molecule has 0 atom stereocenters. The molecule has 8 nitrogen and oxygen atoms in total. The summed E-state index contributed by atoms with van der Waals surface area (Å²) >= 11 is 0. The van der Waals surface area contributed by atoms with E-state index in [-0.39, 0.29) is 0 Å². The van der Waals surface area contributed by atoms with Crippen LogP contribution in [0.4, 0.5) is 17.8 Å². The lowest BCUT2D eigenvalue weighted by molar-refractivity contribution is 0.367. The van der Waals surface area contributed by atoms with Gasteiger partial charge in [-0.1, -0.05) is 6.92 Å². The van der Waals surface area contributed by atoms with Crippen LogP contribution in [0.2, 0.25) is 0 Å². The zero-order valence-electron chi connectivity index (χ0n) is 12.8. The molecule has 1 aromatic rings. The number of nitrogen functional groups attached to an aromatic ring is 1. The predicted octanol–water partition coefficient (Wildman–Crippen LogP) is 0.367. The minimum Gasteiger partial charge on any atom is -0.353 e. The summed E-state index contributed by atoms with van der Waals surface area (Å²) in [5, 5.41) is 3.20. The highest BCUT2D eigenvalue weighted by atomic mass is 15.4. The Balaban J connectivity index is 2.77. The number of anilines is 3. The van der Waals surface area contributed by atoms with Gasteiger partial charge in [0.05, 0.1) is 0 Å². The minimum atomic E-state index is 0.369. The lowest BCUT2D eigenvalue weighted by atomic mass is 10.5. The maximum absolute atomic E-state index is 5.41. The van der Waals surface area contributed by atoms with Gasteiger partial charge in [0.2, 0.25) is 17.8 Å². The van der Waals surface area contributed by atoms with Crippen LogP contribution in [0.5, 0.6) is 0 Å². The Morgan fingerprint density at radius 3 is 2.20 bits per heavy atom. The fraction of sp³-hybridized carbons (Fsp3) is 0.750. The van der Waals surface area contributed by atoms with Gasteiger partial charge in [-0.3, -0.25) is 5.43 Å². The van der Waals surface area contributed by atoms with Crippen molar-refractivity contribution < 1.29 is 0 Å². The summed E-state index contributed by atoms with van der Waals surface area (Å²) in [7, 11) is 2.07. The first-order valence-corrected chi connectivity index (χ1v) is 7.04. The van der Waals surface area contributed by atoms with E-state index in [9.17, 15) is 0 Å². The molecule has 0 saturated carbocycles. The molecule has 1 rings (SSSR count). The summed E-state index contributed by atoms with van der Waals surface area (Å²) in [5.41, 5.74) is 2.48. The van der Waals surface area contributed by atoms with E-state index in [0.29, 0.717) is 17.8 Å². The van der Waals surface area contributed by atoms with Gasteiger partial charge in [0.1, 0.15) is 0 Å². The fourth-order valence-electron chi connectivity index (χ4n) is 1.67. The van der Waals surface area contributed by atoms with Crippen LogP contribution in [-0.2, 0) is 0 Å². The fourth-order valence-corrected chi connectivity index (χ4v) is 1.67. The molecule has 0 amide bonds. The number of nitrogens with zero attached hydrogens (tertiary/aromatic N) is 5. The van der Waals surface area contributed by atoms with Crippen molar-refractivity contribution in [3.63, 3.8) is 0 Å². The first-order chi connectivity index (χ1) is 9.64. The molecule has 0 spiro atoms. The van der Waals surface area contributed by atoms with E-state index in [0.717, 1.165) is 32.7 Å². The van der Waals surface area contributed by atoms with Crippen molar-refractivity contribution in [1.29, 1.82) is 0 Å². The van der Waals surface area contributed by atoms with Gasteiger partial charge in [-0.15, -0.1) is 0 Å². The number of nitrogens with one attached hydrogen (secondary N) is 2. The second-order valence-corrected chi connectivity index (χ2v) is 4.42. The van der Waals surface area contributed by atoms with E-state index >= 15 is 0 Å². The molecule has 20 heavy (non-hydrogen) atoms. The molecule has 8 heteroatoms. The van der Waals surface area contributed by atoms with Crippen LogP contribution in [-0.4, -0.2) is 59.6 Å². The zero-order chi connectivity index (χ0) is 15.0. The Kier molecular flexibility index (Phi) is 6.96. The maximum atomic E-state index is 5.41. The summed E-state index contributed by atoms with van der Waals surface area (Å²) < 4.78 is 0. The van der Waals surface area contributed by atoms with Gasteiger partial charge >= 0.3 is 0 Å². The molecule has 0 aromatic carbocycles. The zero-order valence-corrected chi connectivity index (χ0v) is 12.8. The normalized spacial score (nSPS) is 10.7. The molecule has 0 aliphatic rings. The second-order valence-electron chi connectivity index (χ2n) is 4.42. The SMILES string of the molecule is CCN(C)CCNc1nc(NN)nc(N(CC)CC)n1. The van der Waals surface area contributed by atoms with Crippen molar-refractivity contribution in [2.75, 3.05) is 55.4 Å². The lowest BCUT2D eigenvalue weighted by Gasteiger charge is -2.20. The van der Waals surface area contributed by atoms with Crippen LogP contribution in [0.25, 0.3) is 0 Å². The first kappa shape index (κ1) is 16.4. The van der Waals surface area contributed by atoms with Crippen LogP contribution < -0.4 is 21.5 Å². The number of aromatic nitrogens is 3. The van der Waals surface area contributed by atoms with Gasteiger partial charge in [0.25, 0.3) is 0 Å². The molecule has 4 N–H and O–H groups in total. The average Bonchev–Trinajstić information content (AvgIpc) is 2.48. The molecular formula is C12H26N8. The van der Waals surface area contributed by atoms with Crippen LogP contribution in [0.1, 0.15) is 20.8 Å². The van der Waals surface area contributed by atoms with E-state index in [2.05, 4.69) is 58.4 Å². The van der Waals surface area contributed by atoms with Crippen molar-refractivity contribution in [1.82, 2.24) is 19.9 Å². The Morgan fingerprint density at radius 1 is 1.00 bits per heavy atom. The van der Waals surface area contributed by atoms with Gasteiger partial charge in [0, 0.05) is 26.2 Å². The third kappa shape index (κ3) is 4.78. The molecule has 0 bridgehead atoms. The third-order valence-corrected chi connectivity index (χ3v) is 3.12. The van der Waals surface area contributed by atoms with Crippen molar-refractivity contribution in [3.05, 3.63) is 0 Å². The Bertz CT molecular complexity index is 393. The van der Waals surface area contributed by atoms with Crippen molar-refractivity contribution in [2.45, 2.75) is 20.8 Å². The molecule has 0 fully saturated rings. The molecule has 0 aliphatic carbocycles. The van der Waals surface area contributed by atoms with E-state index in [1.165, 1.54) is 0 Å². The van der Waals surface area contributed by atoms with Crippen LogP contribution >= 0.6 is 0 Å². The topological polar surface area (TPSA) is 95.2 Å². The van der Waals surface area contributed by atoms with E-state index in [1.54, 1.807) is 0 Å². The van der Waals surface area contributed by atoms with Gasteiger partial charge in [-0.05, 0) is 27.4 Å². The molecule has 1 aromatic heterocycles. The molecular weight excluding hydrogens is 256 g/mol. The van der Waals surface area contributed by atoms with E-state index in [1.807, 2.05) is 4.90 Å². The number of hydrazine groups is 1. The Hall–Kier alpha value is -1.67. The van der Waals surface area contributed by atoms with Crippen molar-refractivity contribution >= 4 is 17.8 Å². The standard InChI is InChI=1S/C12H26N8/c1-5-19(4)9-8-14-10-15-11(18-13)17-12(16-10)20(6-2)7-3/h5-9,13H2,1-4H3,(H2,14,15,16,17,18). The van der Waals surface area contributed by atoms with Crippen molar-refractivity contribution in [2.24, 2.45) is 5.84 Å². The maximum Gasteiger partial charge on any atom is 0.243 e. The largest absolute Gasteiger partial charge is 0.353 e. The molecule has 0 saturated heterocycles. The summed E-state index contributed by atoms with van der Waals surface area (Å²) in [6.07, 6.45) is 0. The number of hydrogen-bond donors (Lipinski definition) is 3. The van der Waals surface area contributed by atoms with Gasteiger partial charge in [-0.25, -0.2) is 5.84 Å². The highest BCUT2D eigenvalue weighted by Gasteiger charge is 2.10. The van der Waals surface area contributed by atoms with Crippen LogP contribution in [0.3, 0.4) is 0 Å². The highest BCUT2D eigenvalue weighted by molar-refractivity contribution is 5.43. The third-order valence-electron chi connectivity index (χ3n) is 3.12. The number of hydrogen-bond acceptors (Lipinski definition) is 8. The molecule has 0 unspecified atom stereocenters. The number of nitrogens with two attached hydrogens (primary N) is 1. The monoisotopic (exact) mass is 282 g/mol. The second kappa shape index (κ2) is 8.49. The van der Waals surface area contributed by atoms with Gasteiger partial charge in [0.15, 0.2) is 0 Å². The first-order valence-electron chi connectivity index (χ1n) is 7.04. The van der Waals surface area contributed by atoms with Gasteiger partial charge in [-0.2, -0.15) is 15.0 Å². The summed E-state index contributed by atoms with van der Waals surface area (Å²) in [4.78, 5) is 17.2. The highest BCUT2D eigenvalue weighted by Crippen LogP contribution is 2.12. The summed E-state index contributed by atoms with van der Waals surface area (Å²) in [6, 6.07) is 0. The van der Waals surface area contributed by atoms with Crippen molar-refractivity contribution in [3.8, 4) is 0 Å². The minimum absolute atomic E-state index is 0.369. The van der Waals surface area contributed by atoms with E-state index in [4.69, 9.17) is 5.84 Å². The number of likely N-dealkylation sites (N-methyl/N-ethyl adjacent to an activating group) is 1. The molecule has 0 radical (unpaired) electrons. The number of rotatable bonds is 9. The predicted molar refractivity (Wildman–Crippen MR) is 82.9 cm³/mol. The van der Waals surface area contributed by atoms with Crippen LogP contribution in [0.15, 0.2) is 0 Å².